The van der Waals surface area contributed by atoms with Crippen LogP contribution in [0.4, 0.5) is 0 Å². The van der Waals surface area contributed by atoms with Gasteiger partial charge < -0.3 is 19.8 Å². The second-order valence-corrected chi connectivity index (χ2v) is 5.31. The van der Waals surface area contributed by atoms with Gasteiger partial charge in [-0.3, -0.25) is 4.79 Å². The van der Waals surface area contributed by atoms with Crippen LogP contribution in [-0.2, 0) is 16.1 Å². The van der Waals surface area contributed by atoms with Crippen LogP contribution in [0.15, 0.2) is 22.8 Å². The number of hydrogen-bond donors (Lipinski definition) is 1. The van der Waals surface area contributed by atoms with Crippen LogP contribution in [0, 0.1) is 16.7 Å². The van der Waals surface area contributed by atoms with Gasteiger partial charge >= 0.3 is 0 Å². The Labute approximate surface area is 124 Å². The molecule has 1 fully saturated rings. The Morgan fingerprint density at radius 3 is 2.81 bits per heavy atom. The number of rotatable bonds is 6. The zero-order chi connectivity index (χ0) is 15.1. The topological polar surface area (TPSA) is 92.5 Å². The number of nitrogens with two attached hydrogens (primary N) is 1. The van der Waals surface area contributed by atoms with Gasteiger partial charge in [0.2, 0.25) is 5.91 Å². The molecule has 2 rings (SSSR count). The summed E-state index contributed by atoms with van der Waals surface area (Å²) < 4.78 is 10.7. The van der Waals surface area contributed by atoms with Crippen LogP contribution in [0.5, 0.6) is 0 Å². The Morgan fingerprint density at radius 1 is 1.48 bits per heavy atom. The van der Waals surface area contributed by atoms with E-state index in [0.717, 1.165) is 0 Å². The van der Waals surface area contributed by atoms with E-state index >= 15 is 0 Å². The third kappa shape index (κ3) is 3.63. The molecule has 2 heterocycles. The van der Waals surface area contributed by atoms with Gasteiger partial charge in [-0.2, -0.15) is 5.26 Å². The Kier molecular flexibility index (Phi) is 5.37. The first-order chi connectivity index (χ1) is 10.2. The maximum Gasteiger partial charge on any atom is 0.230 e. The fraction of sp³-hybridized carbons (Fsp3) is 0.600. The molecule has 0 bridgehead atoms. The number of amides is 1. The molecule has 6 nitrogen and oxygen atoms in total. The smallest absolute Gasteiger partial charge is 0.230 e. The second-order valence-electron chi connectivity index (χ2n) is 5.31. The Morgan fingerprint density at radius 2 is 2.24 bits per heavy atom. The van der Waals surface area contributed by atoms with E-state index in [9.17, 15) is 4.79 Å². The summed E-state index contributed by atoms with van der Waals surface area (Å²) in [5.41, 5.74) is 5.32. The molecule has 21 heavy (non-hydrogen) atoms. The lowest BCUT2D eigenvalue weighted by molar-refractivity contribution is -0.148. The minimum atomic E-state index is -0.569. The SMILES string of the molecule is N#CCCN(Cc1ccco1)C(=O)C1(CN)CCOCC1. The summed E-state index contributed by atoms with van der Waals surface area (Å²) in [6.07, 6.45) is 3.13. The standard InChI is InChI=1S/C15H21N3O3/c16-6-2-7-18(11-13-3-1-8-21-13)14(19)15(12-17)4-9-20-10-5-15/h1,3,8H,2,4-5,7,9-12,17H2. The van der Waals surface area contributed by atoms with Crippen molar-refractivity contribution in [2.45, 2.75) is 25.8 Å². The first kappa shape index (κ1) is 15.5. The number of carbonyl (C=O) groups excluding carboxylic acids is 1. The van der Waals surface area contributed by atoms with Crippen molar-refractivity contribution in [1.82, 2.24) is 4.90 Å². The predicted octanol–water partition coefficient (Wildman–Crippen LogP) is 1.28. The molecule has 1 aliphatic heterocycles. The quantitative estimate of drug-likeness (QED) is 0.852. The van der Waals surface area contributed by atoms with Crippen LogP contribution in [-0.4, -0.2) is 37.1 Å². The van der Waals surface area contributed by atoms with Gasteiger partial charge in [-0.05, 0) is 25.0 Å². The molecule has 0 aromatic carbocycles. The number of nitrogens with zero attached hydrogens (tertiary/aromatic N) is 2. The number of furan rings is 1. The molecule has 114 valence electrons. The van der Waals surface area contributed by atoms with E-state index in [0.29, 0.717) is 57.9 Å². The molecule has 1 amide bonds. The molecule has 0 aliphatic carbocycles. The van der Waals surface area contributed by atoms with E-state index in [1.807, 2.05) is 6.07 Å². The number of ether oxygens (including phenoxy) is 1. The van der Waals surface area contributed by atoms with Gasteiger partial charge in [0.1, 0.15) is 5.76 Å². The molecule has 0 saturated carbocycles. The minimum Gasteiger partial charge on any atom is -0.467 e. The first-order valence-electron chi connectivity index (χ1n) is 7.18. The average molecular weight is 291 g/mol. The molecule has 6 heteroatoms. The fourth-order valence-corrected chi connectivity index (χ4v) is 2.63. The van der Waals surface area contributed by atoms with E-state index in [-0.39, 0.29) is 5.91 Å². The largest absolute Gasteiger partial charge is 0.467 e. The minimum absolute atomic E-state index is 0.0000463. The van der Waals surface area contributed by atoms with E-state index in [2.05, 4.69) is 6.07 Å². The van der Waals surface area contributed by atoms with Crippen LogP contribution >= 0.6 is 0 Å². The maximum atomic E-state index is 12.9. The molecular formula is C15H21N3O3. The van der Waals surface area contributed by atoms with Crippen molar-refractivity contribution in [2.75, 3.05) is 26.3 Å². The predicted molar refractivity (Wildman–Crippen MR) is 75.9 cm³/mol. The second kappa shape index (κ2) is 7.25. The van der Waals surface area contributed by atoms with Crippen LogP contribution in [0.25, 0.3) is 0 Å². The summed E-state index contributed by atoms with van der Waals surface area (Å²) in [5.74, 6) is 0.709. The van der Waals surface area contributed by atoms with E-state index < -0.39 is 5.41 Å². The zero-order valence-corrected chi connectivity index (χ0v) is 12.1. The summed E-state index contributed by atoms with van der Waals surface area (Å²) in [7, 11) is 0. The molecule has 0 radical (unpaired) electrons. The van der Waals surface area contributed by atoms with Crippen molar-refractivity contribution in [3.63, 3.8) is 0 Å². The Balaban J connectivity index is 2.13. The average Bonchev–Trinajstić information content (AvgIpc) is 3.04. The zero-order valence-electron chi connectivity index (χ0n) is 12.1. The van der Waals surface area contributed by atoms with Crippen molar-refractivity contribution in [1.29, 1.82) is 5.26 Å². The fourth-order valence-electron chi connectivity index (χ4n) is 2.63. The highest BCUT2D eigenvalue weighted by molar-refractivity contribution is 5.83. The van der Waals surface area contributed by atoms with Gasteiger partial charge in [0, 0.05) is 26.3 Å². The maximum absolute atomic E-state index is 12.9. The summed E-state index contributed by atoms with van der Waals surface area (Å²) >= 11 is 0. The van der Waals surface area contributed by atoms with Crippen LogP contribution in [0.2, 0.25) is 0 Å². The molecule has 1 aromatic heterocycles. The van der Waals surface area contributed by atoms with E-state index in [1.54, 1.807) is 17.2 Å². The van der Waals surface area contributed by atoms with Crippen molar-refractivity contribution in [2.24, 2.45) is 11.1 Å². The normalized spacial score (nSPS) is 17.1. The van der Waals surface area contributed by atoms with E-state index in [1.165, 1.54) is 0 Å². The number of nitriles is 1. The van der Waals surface area contributed by atoms with E-state index in [4.69, 9.17) is 20.1 Å². The summed E-state index contributed by atoms with van der Waals surface area (Å²) in [6.45, 7) is 2.16. The first-order valence-corrected chi connectivity index (χ1v) is 7.18. The van der Waals surface area contributed by atoms with Gasteiger partial charge in [-0.15, -0.1) is 0 Å². The number of carbonyl (C=O) groups is 1. The van der Waals surface area contributed by atoms with Gasteiger partial charge in [0.05, 0.1) is 30.7 Å². The molecule has 1 aliphatic rings. The highest BCUT2D eigenvalue weighted by Crippen LogP contribution is 2.32. The molecule has 0 spiro atoms. The molecule has 0 atom stereocenters. The monoisotopic (exact) mass is 291 g/mol. The summed E-state index contributed by atoms with van der Waals surface area (Å²) in [6, 6.07) is 5.70. The Bertz CT molecular complexity index is 487. The molecule has 1 aromatic rings. The van der Waals surface area contributed by atoms with Crippen molar-refractivity contribution in [3.8, 4) is 6.07 Å². The van der Waals surface area contributed by atoms with Crippen molar-refractivity contribution < 1.29 is 13.9 Å². The highest BCUT2D eigenvalue weighted by Gasteiger charge is 2.41. The molecule has 2 N–H and O–H groups in total. The Hall–Kier alpha value is -1.84. The third-order valence-electron chi connectivity index (χ3n) is 4.00. The summed E-state index contributed by atoms with van der Waals surface area (Å²) in [4.78, 5) is 14.6. The highest BCUT2D eigenvalue weighted by atomic mass is 16.5. The lowest BCUT2D eigenvalue weighted by atomic mass is 9.78. The lowest BCUT2D eigenvalue weighted by Crippen LogP contribution is -2.50. The van der Waals surface area contributed by atoms with Gasteiger partial charge in [0.15, 0.2) is 0 Å². The van der Waals surface area contributed by atoms with Crippen molar-refractivity contribution >= 4 is 5.91 Å². The van der Waals surface area contributed by atoms with Gasteiger partial charge in [0.25, 0.3) is 0 Å². The van der Waals surface area contributed by atoms with Crippen molar-refractivity contribution in [3.05, 3.63) is 24.2 Å². The van der Waals surface area contributed by atoms with Gasteiger partial charge in [-0.1, -0.05) is 0 Å². The van der Waals surface area contributed by atoms with Gasteiger partial charge in [-0.25, -0.2) is 0 Å². The molecular weight excluding hydrogens is 270 g/mol. The number of hydrogen-bond acceptors (Lipinski definition) is 5. The summed E-state index contributed by atoms with van der Waals surface area (Å²) in [5, 5.41) is 8.80. The van der Waals surface area contributed by atoms with Crippen LogP contribution in [0.3, 0.4) is 0 Å². The lowest BCUT2D eigenvalue weighted by Gasteiger charge is -2.38. The van der Waals surface area contributed by atoms with Crippen LogP contribution in [0.1, 0.15) is 25.0 Å². The molecule has 1 saturated heterocycles. The molecule has 0 unspecified atom stereocenters. The van der Waals surface area contributed by atoms with Crippen LogP contribution < -0.4 is 5.73 Å². The third-order valence-corrected chi connectivity index (χ3v) is 4.00.